The van der Waals surface area contributed by atoms with Crippen LogP contribution in [-0.4, -0.2) is 55.6 Å². The largest absolute Gasteiger partial charge is 0.465 e. The van der Waals surface area contributed by atoms with Gasteiger partial charge in [-0.1, -0.05) is 49.2 Å². The van der Waals surface area contributed by atoms with E-state index in [1.165, 1.54) is 0 Å². The zero-order chi connectivity index (χ0) is 42.3. The molecule has 0 spiro atoms. The molecule has 2 aliphatic carbocycles. The van der Waals surface area contributed by atoms with Crippen molar-refractivity contribution in [2.24, 2.45) is 23.7 Å². The molecule has 2 aromatic carbocycles. The lowest BCUT2D eigenvalue weighted by molar-refractivity contribution is -0.152. The van der Waals surface area contributed by atoms with Crippen LogP contribution >= 0.6 is 23.5 Å². The molecule has 2 saturated carbocycles. The van der Waals surface area contributed by atoms with Crippen LogP contribution in [0.25, 0.3) is 0 Å². The normalized spacial score (nSPS) is 19.4. The number of ether oxygens (including phenoxy) is 6. The van der Waals surface area contributed by atoms with Crippen molar-refractivity contribution in [1.82, 2.24) is 0 Å². The second-order valence-electron chi connectivity index (χ2n) is 14.3. The molecule has 1 heterocycles. The molecule has 59 heavy (non-hydrogen) atoms. The number of hydrogen-bond donors (Lipinski definition) is 0. The van der Waals surface area contributed by atoms with Crippen molar-refractivity contribution < 1.29 is 57.2 Å². The van der Waals surface area contributed by atoms with Crippen LogP contribution in [0.3, 0.4) is 0 Å². The number of carbonyl (C=O) groups is 6. The van der Waals surface area contributed by atoms with Crippen molar-refractivity contribution in [3.63, 3.8) is 0 Å². The van der Waals surface area contributed by atoms with Crippen molar-refractivity contribution in [3.05, 3.63) is 64.4 Å². The second-order valence-corrected chi connectivity index (χ2v) is 16.6. The first-order valence-electron chi connectivity index (χ1n) is 19.4. The maximum atomic E-state index is 13.4. The Labute approximate surface area is 350 Å². The lowest BCUT2D eigenvalue weighted by atomic mass is 9.82. The fraction of sp³-hybridized carbons (Fsp3) is 0.442. The van der Waals surface area contributed by atoms with E-state index in [4.69, 9.17) is 28.4 Å². The summed E-state index contributed by atoms with van der Waals surface area (Å²) in [6, 6.07) is 13.7. The molecular weight excluding hydrogens is 801 g/mol. The molecule has 3 aliphatic rings. The summed E-state index contributed by atoms with van der Waals surface area (Å²) in [6.07, 6.45) is 6.11. The van der Waals surface area contributed by atoms with Crippen molar-refractivity contribution in [3.8, 4) is 29.4 Å². The minimum absolute atomic E-state index is 0.0818. The molecule has 2 aromatic rings. The molecule has 0 saturated heterocycles. The Hall–Kier alpha value is -5.58. The fourth-order valence-electron chi connectivity index (χ4n) is 6.66. The van der Waals surface area contributed by atoms with Gasteiger partial charge in [0.1, 0.15) is 48.2 Å². The topological polar surface area (TPSA) is 205 Å². The highest BCUT2D eigenvalue weighted by atomic mass is 32.2. The Balaban J connectivity index is 1.05. The number of allylic oxidation sites excluding steroid dienone is 1. The lowest BCUT2D eigenvalue weighted by Gasteiger charge is -2.26. The van der Waals surface area contributed by atoms with Gasteiger partial charge in [0.05, 0.1) is 51.2 Å². The number of esters is 6. The maximum absolute atomic E-state index is 13.4. The first-order chi connectivity index (χ1) is 28.5. The van der Waals surface area contributed by atoms with Crippen LogP contribution in [0.5, 0.6) is 17.2 Å². The molecule has 0 aromatic heterocycles. The maximum Gasteiger partial charge on any atom is 0.330 e. The van der Waals surface area contributed by atoms with E-state index in [1.54, 1.807) is 36.4 Å². The van der Waals surface area contributed by atoms with Gasteiger partial charge in [-0.3, -0.25) is 24.0 Å². The van der Waals surface area contributed by atoms with Crippen molar-refractivity contribution in [1.29, 1.82) is 10.5 Å². The smallest absolute Gasteiger partial charge is 0.330 e. The number of carbonyl (C=O) groups excluding carboxylic acids is 6. The molecule has 0 N–H and O–H groups in total. The van der Waals surface area contributed by atoms with Gasteiger partial charge in [-0.05, 0) is 87.1 Å². The van der Waals surface area contributed by atoms with E-state index in [-0.39, 0.29) is 55.9 Å². The van der Waals surface area contributed by atoms with Gasteiger partial charge in [-0.2, -0.15) is 10.5 Å². The highest BCUT2D eigenvalue weighted by Crippen LogP contribution is 2.59. The fourth-order valence-corrected chi connectivity index (χ4v) is 9.14. The van der Waals surface area contributed by atoms with Crippen LogP contribution in [0, 0.1) is 46.3 Å². The first kappa shape index (κ1) is 44.5. The molecule has 0 radical (unpaired) electrons. The highest BCUT2D eigenvalue weighted by Gasteiger charge is 2.35. The third-order valence-corrected chi connectivity index (χ3v) is 12.7. The van der Waals surface area contributed by atoms with Crippen LogP contribution in [-0.2, 0) is 49.4 Å². The summed E-state index contributed by atoms with van der Waals surface area (Å²) in [4.78, 5) is 75.3. The Kier molecular flexibility index (Phi) is 16.6. The first-order valence-corrected chi connectivity index (χ1v) is 21.0. The predicted octanol–water partition coefficient (Wildman–Crippen LogP) is 7.33. The SMILES string of the molecule is C=CC(=O)OCCOC(=O)CCC(=O)OCCc1ccc(OC(=O)C2CCC(C(=O)Oc3ccc(OC(=O)C4CCC(C)CC4)c4c3SC(=C(C#N)C#N)S4)CC2)cc1. The third kappa shape index (κ3) is 13.0. The van der Waals surface area contributed by atoms with Crippen molar-refractivity contribution in [2.75, 3.05) is 19.8 Å². The Morgan fingerprint density at radius 2 is 1.12 bits per heavy atom. The van der Waals surface area contributed by atoms with E-state index >= 15 is 0 Å². The quantitative estimate of drug-likeness (QED) is 0.0405. The number of fused-ring (bicyclic) bond motifs is 1. The summed E-state index contributed by atoms with van der Waals surface area (Å²) < 4.78 is 32.6. The van der Waals surface area contributed by atoms with E-state index in [9.17, 15) is 39.3 Å². The molecular formula is C43H44N2O12S2. The van der Waals surface area contributed by atoms with Crippen LogP contribution in [0.2, 0.25) is 0 Å². The van der Waals surface area contributed by atoms with Crippen molar-refractivity contribution >= 4 is 59.3 Å². The molecule has 310 valence electrons. The number of rotatable bonds is 16. The average molecular weight is 845 g/mol. The van der Waals surface area contributed by atoms with Crippen LogP contribution in [0.1, 0.15) is 76.7 Å². The number of benzene rings is 2. The molecule has 0 atom stereocenters. The monoisotopic (exact) mass is 844 g/mol. The molecule has 0 bridgehead atoms. The second kappa shape index (κ2) is 22.0. The van der Waals surface area contributed by atoms with Gasteiger partial charge in [-0.15, -0.1) is 0 Å². The van der Waals surface area contributed by atoms with Gasteiger partial charge < -0.3 is 28.4 Å². The molecule has 14 nitrogen and oxygen atoms in total. The number of nitrogens with zero attached hydrogens (tertiary/aromatic N) is 2. The van der Waals surface area contributed by atoms with Gasteiger partial charge in [0.25, 0.3) is 0 Å². The third-order valence-electron chi connectivity index (χ3n) is 10.1. The summed E-state index contributed by atoms with van der Waals surface area (Å²) in [7, 11) is 0. The van der Waals surface area contributed by atoms with Gasteiger partial charge >= 0.3 is 35.8 Å². The van der Waals surface area contributed by atoms with Crippen molar-refractivity contribution in [2.45, 2.75) is 87.3 Å². The zero-order valence-electron chi connectivity index (χ0n) is 32.6. The minimum atomic E-state index is -0.629. The molecule has 2 fully saturated rings. The molecule has 0 amide bonds. The van der Waals surface area contributed by atoms with Gasteiger partial charge in [0.15, 0.2) is 0 Å². The Morgan fingerprint density at radius 1 is 0.661 bits per heavy atom. The van der Waals surface area contributed by atoms with Gasteiger partial charge in [0.2, 0.25) is 0 Å². The van der Waals surface area contributed by atoms with Crippen LogP contribution in [0.4, 0.5) is 0 Å². The summed E-state index contributed by atoms with van der Waals surface area (Å²) >= 11 is 2.26. The lowest BCUT2D eigenvalue weighted by Crippen LogP contribution is -2.30. The predicted molar refractivity (Wildman–Crippen MR) is 212 cm³/mol. The molecule has 0 unspecified atom stereocenters. The summed E-state index contributed by atoms with van der Waals surface area (Å²) in [6.45, 7) is 5.27. The number of nitriles is 2. The Bertz CT molecular complexity index is 2020. The van der Waals surface area contributed by atoms with Gasteiger partial charge in [0, 0.05) is 12.5 Å². The molecule has 16 heteroatoms. The van der Waals surface area contributed by atoms with E-state index in [1.807, 2.05) is 12.1 Å². The van der Waals surface area contributed by atoms with Gasteiger partial charge in [-0.25, -0.2) is 4.79 Å². The summed E-state index contributed by atoms with van der Waals surface area (Å²) in [5.74, 6) is -2.64. The molecule has 5 rings (SSSR count). The summed E-state index contributed by atoms with van der Waals surface area (Å²) in [5, 5.41) is 19.0. The standard InChI is InChI=1S/C43H44N2O12S2/c1-3-35(46)53-22-23-54-37(48)19-18-36(47)52-21-20-27-6-14-32(15-7-27)55-40(49)29-10-12-30(13-11-29)42(51)57-34-17-16-33(56-41(50)28-8-4-26(2)5-9-28)38-39(34)59-43(58-38)31(24-44)25-45/h3,6-7,14-17,26,28-30H,1,4-5,8-13,18-23H2,2H3. The van der Waals surface area contributed by atoms with E-state index in [2.05, 4.69) is 13.5 Å². The minimum Gasteiger partial charge on any atom is -0.465 e. The average Bonchev–Trinajstić information content (AvgIpc) is 3.69. The number of thioether (sulfide) groups is 2. The highest BCUT2D eigenvalue weighted by molar-refractivity contribution is 8.24. The summed E-state index contributed by atoms with van der Waals surface area (Å²) in [5.41, 5.74) is 0.742. The number of hydrogen-bond acceptors (Lipinski definition) is 16. The van der Waals surface area contributed by atoms with Crippen LogP contribution < -0.4 is 14.2 Å². The van der Waals surface area contributed by atoms with Crippen LogP contribution in [0.15, 0.2) is 68.7 Å². The molecule has 1 aliphatic heterocycles. The van der Waals surface area contributed by atoms with E-state index < -0.39 is 41.7 Å². The van der Waals surface area contributed by atoms with E-state index in [0.29, 0.717) is 63.5 Å². The Morgan fingerprint density at radius 3 is 1.61 bits per heavy atom. The van der Waals surface area contributed by atoms with E-state index in [0.717, 1.165) is 60.8 Å². The zero-order valence-corrected chi connectivity index (χ0v) is 34.2.